The molecule has 2 aromatic carbocycles. The molecule has 0 spiro atoms. The van der Waals surface area contributed by atoms with Gasteiger partial charge in [-0.3, -0.25) is 4.57 Å². The van der Waals surface area contributed by atoms with E-state index in [-0.39, 0.29) is 5.82 Å². The van der Waals surface area contributed by atoms with Crippen molar-refractivity contribution in [1.29, 1.82) is 0 Å². The zero-order valence-electron chi connectivity index (χ0n) is 10.1. The van der Waals surface area contributed by atoms with E-state index in [1.165, 1.54) is 10.9 Å². The van der Waals surface area contributed by atoms with E-state index in [0.717, 1.165) is 0 Å². The highest BCUT2D eigenvalue weighted by atomic mass is 19.1. The van der Waals surface area contributed by atoms with Crippen LogP contribution in [0.3, 0.4) is 0 Å². The maximum Gasteiger partial charge on any atom is 0.174 e. The minimum Gasteiger partial charge on any atom is -0.281 e. The van der Waals surface area contributed by atoms with Crippen LogP contribution in [0.5, 0.6) is 0 Å². The van der Waals surface area contributed by atoms with Gasteiger partial charge in [0.1, 0.15) is 23.8 Å². The third-order valence-corrected chi connectivity index (χ3v) is 2.81. The molecule has 0 amide bonds. The molecule has 0 aliphatic rings. The summed E-state index contributed by atoms with van der Waals surface area (Å²) in [5, 5.41) is 7.39. The summed E-state index contributed by atoms with van der Waals surface area (Å²) in [7, 11) is 0. The number of aromatic nitrogens is 3. The van der Waals surface area contributed by atoms with Crippen molar-refractivity contribution in [2.75, 3.05) is 0 Å². The van der Waals surface area contributed by atoms with Crippen LogP contribution in [0.4, 0.5) is 13.2 Å². The van der Waals surface area contributed by atoms with E-state index >= 15 is 0 Å². The van der Waals surface area contributed by atoms with Gasteiger partial charge in [-0.2, -0.15) is 0 Å². The molecule has 0 N–H and O–H groups in total. The van der Waals surface area contributed by atoms with E-state index in [2.05, 4.69) is 10.2 Å². The fourth-order valence-corrected chi connectivity index (χ4v) is 1.94. The van der Waals surface area contributed by atoms with Gasteiger partial charge in [-0.1, -0.05) is 18.2 Å². The van der Waals surface area contributed by atoms with Gasteiger partial charge in [-0.25, -0.2) is 13.2 Å². The van der Waals surface area contributed by atoms with Crippen LogP contribution in [0.2, 0.25) is 0 Å². The number of rotatable bonds is 2. The molecule has 6 heteroatoms. The van der Waals surface area contributed by atoms with Crippen molar-refractivity contribution in [2.45, 2.75) is 0 Å². The van der Waals surface area contributed by atoms with E-state index in [1.807, 2.05) is 6.07 Å². The number of nitrogens with zero attached hydrogens (tertiary/aromatic N) is 3. The molecule has 0 saturated carbocycles. The molecule has 0 radical (unpaired) electrons. The third kappa shape index (κ3) is 2.05. The number of hydrogen-bond donors (Lipinski definition) is 0. The minimum atomic E-state index is -1.02. The SMILES string of the molecule is Fc1cc(F)c(-c2nncn2-c2ccccc2)c(F)c1. The standard InChI is InChI=1S/C14H8F3N3/c15-9-6-11(16)13(12(17)7-9)14-19-18-8-20(14)10-4-2-1-3-5-10/h1-8H. The average Bonchev–Trinajstić information content (AvgIpc) is 2.87. The highest BCUT2D eigenvalue weighted by molar-refractivity contribution is 5.59. The second-order valence-corrected chi connectivity index (χ2v) is 4.10. The number of benzene rings is 2. The second-order valence-electron chi connectivity index (χ2n) is 4.10. The van der Waals surface area contributed by atoms with Crippen LogP contribution in [0.1, 0.15) is 0 Å². The Bertz CT molecular complexity index is 730. The predicted molar refractivity (Wildman–Crippen MR) is 66.7 cm³/mol. The number of hydrogen-bond acceptors (Lipinski definition) is 2. The first-order valence-corrected chi connectivity index (χ1v) is 5.77. The Labute approximate surface area is 112 Å². The Kier molecular flexibility index (Phi) is 2.98. The van der Waals surface area contributed by atoms with E-state index < -0.39 is 23.0 Å². The van der Waals surface area contributed by atoms with E-state index in [0.29, 0.717) is 17.8 Å². The first-order chi connectivity index (χ1) is 9.66. The van der Waals surface area contributed by atoms with E-state index in [4.69, 9.17) is 0 Å². The summed E-state index contributed by atoms with van der Waals surface area (Å²) in [4.78, 5) is 0. The van der Waals surface area contributed by atoms with Crippen molar-refractivity contribution in [3.63, 3.8) is 0 Å². The smallest absolute Gasteiger partial charge is 0.174 e. The van der Waals surface area contributed by atoms with Crippen LogP contribution in [-0.4, -0.2) is 14.8 Å². The van der Waals surface area contributed by atoms with Gasteiger partial charge in [0.2, 0.25) is 0 Å². The maximum atomic E-state index is 13.8. The third-order valence-electron chi connectivity index (χ3n) is 2.81. The first kappa shape index (κ1) is 12.4. The highest BCUT2D eigenvalue weighted by Gasteiger charge is 2.19. The molecule has 3 aromatic rings. The van der Waals surface area contributed by atoms with Crippen molar-refractivity contribution in [3.8, 4) is 17.1 Å². The molecule has 0 aliphatic heterocycles. The average molecular weight is 275 g/mol. The normalized spacial score (nSPS) is 10.8. The molecule has 0 bridgehead atoms. The highest BCUT2D eigenvalue weighted by Crippen LogP contribution is 2.27. The van der Waals surface area contributed by atoms with Crippen LogP contribution in [0.15, 0.2) is 48.8 Å². The lowest BCUT2D eigenvalue weighted by atomic mass is 10.1. The fraction of sp³-hybridized carbons (Fsp3) is 0. The summed E-state index contributed by atoms with van der Waals surface area (Å²) >= 11 is 0. The Morgan fingerprint density at radius 2 is 1.55 bits per heavy atom. The molecule has 20 heavy (non-hydrogen) atoms. The molecule has 100 valence electrons. The lowest BCUT2D eigenvalue weighted by molar-refractivity contribution is 0.546. The van der Waals surface area contributed by atoms with Crippen LogP contribution in [0.25, 0.3) is 17.1 Å². The molecule has 0 aliphatic carbocycles. The van der Waals surface area contributed by atoms with Gasteiger partial charge >= 0.3 is 0 Å². The Hall–Kier alpha value is -2.63. The van der Waals surface area contributed by atoms with Crippen LogP contribution in [-0.2, 0) is 0 Å². The fourth-order valence-electron chi connectivity index (χ4n) is 1.94. The van der Waals surface area contributed by atoms with Crippen molar-refractivity contribution < 1.29 is 13.2 Å². The van der Waals surface area contributed by atoms with Gasteiger partial charge < -0.3 is 0 Å². The van der Waals surface area contributed by atoms with Crippen LogP contribution >= 0.6 is 0 Å². The van der Waals surface area contributed by atoms with Crippen molar-refractivity contribution in [3.05, 3.63) is 66.2 Å². The molecule has 0 fully saturated rings. The lowest BCUT2D eigenvalue weighted by Gasteiger charge is -2.08. The molecule has 0 unspecified atom stereocenters. The second kappa shape index (κ2) is 4.80. The van der Waals surface area contributed by atoms with Crippen LogP contribution < -0.4 is 0 Å². The quantitative estimate of drug-likeness (QED) is 0.718. The van der Waals surface area contributed by atoms with Gasteiger partial charge in [0.15, 0.2) is 5.82 Å². The summed E-state index contributed by atoms with van der Waals surface area (Å²) in [6, 6.07) is 10.1. The van der Waals surface area contributed by atoms with Crippen LogP contribution in [0, 0.1) is 17.5 Å². The Morgan fingerprint density at radius 1 is 0.900 bits per heavy atom. The summed E-state index contributed by atoms with van der Waals surface area (Å²) in [6.45, 7) is 0. The Balaban J connectivity index is 2.21. The number of para-hydroxylation sites is 1. The number of halogens is 3. The zero-order valence-corrected chi connectivity index (χ0v) is 10.1. The molecule has 0 saturated heterocycles. The van der Waals surface area contributed by atoms with Gasteiger partial charge in [0, 0.05) is 17.8 Å². The molecule has 1 aromatic heterocycles. The topological polar surface area (TPSA) is 30.7 Å². The molecule has 3 rings (SSSR count). The molecule has 1 heterocycles. The van der Waals surface area contributed by atoms with E-state index in [1.54, 1.807) is 24.3 Å². The van der Waals surface area contributed by atoms with Gasteiger partial charge in [0.25, 0.3) is 0 Å². The molecule has 0 atom stereocenters. The maximum absolute atomic E-state index is 13.8. The van der Waals surface area contributed by atoms with Crippen molar-refractivity contribution in [1.82, 2.24) is 14.8 Å². The first-order valence-electron chi connectivity index (χ1n) is 5.77. The monoisotopic (exact) mass is 275 g/mol. The van der Waals surface area contributed by atoms with Gasteiger partial charge in [-0.05, 0) is 12.1 Å². The van der Waals surface area contributed by atoms with E-state index in [9.17, 15) is 13.2 Å². The molecular weight excluding hydrogens is 267 g/mol. The van der Waals surface area contributed by atoms with Gasteiger partial charge in [-0.15, -0.1) is 10.2 Å². The summed E-state index contributed by atoms with van der Waals surface area (Å²) in [5.41, 5.74) is 0.239. The molecule has 3 nitrogen and oxygen atoms in total. The summed E-state index contributed by atoms with van der Waals surface area (Å²) in [5.74, 6) is -3.04. The van der Waals surface area contributed by atoms with Gasteiger partial charge in [0.05, 0.1) is 5.56 Å². The minimum absolute atomic E-state index is 0.0220. The lowest BCUT2D eigenvalue weighted by Crippen LogP contribution is -2.01. The summed E-state index contributed by atoms with van der Waals surface area (Å²) in [6.07, 6.45) is 1.34. The van der Waals surface area contributed by atoms with Crippen molar-refractivity contribution >= 4 is 0 Å². The predicted octanol–water partition coefficient (Wildman–Crippen LogP) is 3.35. The van der Waals surface area contributed by atoms with Crippen molar-refractivity contribution in [2.24, 2.45) is 0 Å². The summed E-state index contributed by atoms with van der Waals surface area (Å²) < 4.78 is 42.0. The molecular formula is C14H8F3N3. The zero-order chi connectivity index (χ0) is 14.1. The Morgan fingerprint density at radius 3 is 2.20 bits per heavy atom. The largest absolute Gasteiger partial charge is 0.281 e.